The lowest BCUT2D eigenvalue weighted by Gasteiger charge is -2.30. The largest absolute Gasteiger partial charge is 0.322 e. The Kier molecular flexibility index (Phi) is 3.47. The Morgan fingerprint density at radius 3 is 3.00 bits per heavy atom. The summed E-state index contributed by atoms with van der Waals surface area (Å²) in [5.41, 5.74) is 0. The summed E-state index contributed by atoms with van der Waals surface area (Å²) in [5, 5.41) is 9.00. The number of hydrogen-bond donors (Lipinski definition) is 0. The van der Waals surface area contributed by atoms with Crippen LogP contribution in [0.4, 0.5) is 0 Å². The average Bonchev–Trinajstić information content (AvgIpc) is 2.75. The first-order chi connectivity index (χ1) is 7.72. The summed E-state index contributed by atoms with van der Waals surface area (Å²) in [7, 11) is 0. The molecule has 1 aliphatic rings. The van der Waals surface area contributed by atoms with Gasteiger partial charge in [-0.1, -0.05) is 11.6 Å². The molecule has 0 radical (unpaired) electrons. The Labute approximate surface area is 103 Å². The van der Waals surface area contributed by atoms with Crippen LogP contribution in [0, 0.1) is 11.3 Å². The van der Waals surface area contributed by atoms with Crippen LogP contribution in [0.1, 0.15) is 28.9 Å². The van der Waals surface area contributed by atoms with Gasteiger partial charge in [0.15, 0.2) is 0 Å². The number of hydrogen-bond acceptors (Lipinski definition) is 3. The van der Waals surface area contributed by atoms with Crippen molar-refractivity contribution in [1.29, 1.82) is 5.26 Å². The fourth-order valence-electron chi connectivity index (χ4n) is 1.88. The normalized spacial score (nSPS) is 20.5. The first-order valence-electron chi connectivity index (χ1n) is 5.18. The van der Waals surface area contributed by atoms with Crippen LogP contribution in [0.25, 0.3) is 0 Å². The first-order valence-corrected chi connectivity index (χ1v) is 6.38. The van der Waals surface area contributed by atoms with Crippen molar-refractivity contribution in [3.05, 3.63) is 21.3 Å². The molecule has 5 heteroatoms. The molecule has 0 saturated carbocycles. The molecule has 1 aromatic heterocycles. The molecular weight excluding hydrogens is 244 g/mol. The van der Waals surface area contributed by atoms with Crippen molar-refractivity contribution in [2.45, 2.75) is 25.3 Å². The minimum atomic E-state index is -0.276. The van der Waals surface area contributed by atoms with Crippen molar-refractivity contribution in [2.24, 2.45) is 0 Å². The summed E-state index contributed by atoms with van der Waals surface area (Å²) in [4.78, 5) is 14.4. The Hall–Kier alpha value is -1.05. The molecule has 0 N–H and O–H groups in total. The topological polar surface area (TPSA) is 44.1 Å². The highest BCUT2D eigenvalue weighted by molar-refractivity contribution is 7.17. The highest BCUT2D eigenvalue weighted by atomic mass is 35.5. The van der Waals surface area contributed by atoms with Crippen LogP contribution in [0.3, 0.4) is 0 Å². The Morgan fingerprint density at radius 2 is 2.38 bits per heavy atom. The Balaban J connectivity index is 2.17. The number of piperidine rings is 1. The summed E-state index contributed by atoms with van der Waals surface area (Å²) in [6.45, 7) is 0.673. The average molecular weight is 255 g/mol. The van der Waals surface area contributed by atoms with Gasteiger partial charge in [0, 0.05) is 6.54 Å². The van der Waals surface area contributed by atoms with Gasteiger partial charge in [-0.15, -0.1) is 11.3 Å². The van der Waals surface area contributed by atoms with E-state index >= 15 is 0 Å². The van der Waals surface area contributed by atoms with E-state index in [1.54, 1.807) is 17.0 Å². The van der Waals surface area contributed by atoms with Crippen LogP contribution in [-0.4, -0.2) is 23.4 Å². The van der Waals surface area contributed by atoms with E-state index in [0.717, 1.165) is 19.3 Å². The van der Waals surface area contributed by atoms with Gasteiger partial charge >= 0.3 is 0 Å². The molecule has 2 rings (SSSR count). The third kappa shape index (κ3) is 2.21. The molecule has 1 aromatic rings. The van der Waals surface area contributed by atoms with E-state index in [1.165, 1.54) is 11.3 Å². The molecule has 1 fully saturated rings. The van der Waals surface area contributed by atoms with E-state index in [1.807, 2.05) is 0 Å². The third-order valence-corrected chi connectivity index (χ3v) is 3.92. The minimum absolute atomic E-state index is 0.0665. The highest BCUT2D eigenvalue weighted by Gasteiger charge is 2.27. The van der Waals surface area contributed by atoms with Gasteiger partial charge in [0.1, 0.15) is 6.04 Å². The molecule has 0 aromatic carbocycles. The van der Waals surface area contributed by atoms with E-state index in [2.05, 4.69) is 6.07 Å². The summed E-state index contributed by atoms with van der Waals surface area (Å²) in [6.07, 6.45) is 2.78. The smallest absolute Gasteiger partial charge is 0.265 e. The number of nitrogens with zero attached hydrogens (tertiary/aromatic N) is 2. The molecular formula is C11H11ClN2OS. The maximum Gasteiger partial charge on any atom is 0.265 e. The maximum atomic E-state index is 12.1. The standard InChI is InChI=1S/C11H11ClN2OS/c12-10-5-4-9(16-10)11(15)14-6-2-1-3-8(14)7-13/h4-5,8H,1-3,6H2. The molecule has 1 saturated heterocycles. The van der Waals surface area contributed by atoms with E-state index in [9.17, 15) is 4.79 Å². The van der Waals surface area contributed by atoms with Crippen molar-refractivity contribution in [3.63, 3.8) is 0 Å². The number of carbonyl (C=O) groups is 1. The highest BCUT2D eigenvalue weighted by Crippen LogP contribution is 2.25. The van der Waals surface area contributed by atoms with Gasteiger partial charge in [-0.25, -0.2) is 0 Å². The molecule has 16 heavy (non-hydrogen) atoms. The van der Waals surface area contributed by atoms with Gasteiger partial charge in [-0.2, -0.15) is 5.26 Å². The summed E-state index contributed by atoms with van der Waals surface area (Å²) >= 11 is 7.06. The van der Waals surface area contributed by atoms with Crippen LogP contribution in [-0.2, 0) is 0 Å². The zero-order valence-electron chi connectivity index (χ0n) is 8.65. The molecule has 0 aliphatic carbocycles. The second-order valence-corrected chi connectivity index (χ2v) is 5.46. The SMILES string of the molecule is N#CC1CCCCN1C(=O)c1ccc(Cl)s1. The van der Waals surface area contributed by atoms with Crippen molar-refractivity contribution < 1.29 is 4.79 Å². The van der Waals surface area contributed by atoms with E-state index in [4.69, 9.17) is 16.9 Å². The quantitative estimate of drug-likeness (QED) is 0.773. The number of carbonyl (C=O) groups excluding carboxylic acids is 1. The third-order valence-electron chi connectivity index (χ3n) is 2.70. The molecule has 0 bridgehead atoms. The van der Waals surface area contributed by atoms with Crippen molar-refractivity contribution >= 4 is 28.8 Å². The van der Waals surface area contributed by atoms with Gasteiger partial charge in [-0.3, -0.25) is 4.79 Å². The van der Waals surface area contributed by atoms with Crippen LogP contribution < -0.4 is 0 Å². The predicted molar refractivity (Wildman–Crippen MR) is 63.6 cm³/mol. The van der Waals surface area contributed by atoms with E-state index < -0.39 is 0 Å². The first kappa shape index (κ1) is 11.4. The lowest BCUT2D eigenvalue weighted by molar-refractivity contribution is 0.0675. The van der Waals surface area contributed by atoms with Gasteiger partial charge in [0.25, 0.3) is 5.91 Å². The summed E-state index contributed by atoms with van der Waals surface area (Å²) < 4.78 is 0.605. The molecule has 3 nitrogen and oxygen atoms in total. The molecule has 0 spiro atoms. The molecule has 1 amide bonds. The molecule has 1 aliphatic heterocycles. The fraction of sp³-hybridized carbons (Fsp3) is 0.455. The molecule has 84 valence electrons. The number of thiophene rings is 1. The van der Waals surface area contributed by atoms with Gasteiger partial charge in [0.2, 0.25) is 0 Å². The Bertz CT molecular complexity index is 437. The van der Waals surface area contributed by atoms with Gasteiger partial charge < -0.3 is 4.90 Å². The number of nitriles is 1. The fourth-order valence-corrected chi connectivity index (χ4v) is 2.88. The maximum absolute atomic E-state index is 12.1. The number of rotatable bonds is 1. The van der Waals surface area contributed by atoms with E-state index in [0.29, 0.717) is 15.8 Å². The minimum Gasteiger partial charge on any atom is -0.322 e. The molecule has 1 unspecified atom stereocenters. The monoisotopic (exact) mass is 254 g/mol. The van der Waals surface area contributed by atoms with Crippen LogP contribution in [0.2, 0.25) is 4.34 Å². The molecule has 2 heterocycles. The van der Waals surface area contributed by atoms with Crippen molar-refractivity contribution in [1.82, 2.24) is 4.90 Å². The Morgan fingerprint density at radius 1 is 1.56 bits per heavy atom. The van der Waals surface area contributed by atoms with Crippen LogP contribution in [0.5, 0.6) is 0 Å². The van der Waals surface area contributed by atoms with Gasteiger partial charge in [0.05, 0.1) is 15.3 Å². The second kappa shape index (κ2) is 4.86. The van der Waals surface area contributed by atoms with Crippen molar-refractivity contribution in [2.75, 3.05) is 6.54 Å². The van der Waals surface area contributed by atoms with Crippen LogP contribution >= 0.6 is 22.9 Å². The van der Waals surface area contributed by atoms with E-state index in [-0.39, 0.29) is 11.9 Å². The number of likely N-dealkylation sites (tertiary alicyclic amines) is 1. The lowest BCUT2D eigenvalue weighted by atomic mass is 10.0. The number of amides is 1. The zero-order chi connectivity index (χ0) is 11.5. The predicted octanol–water partition coefficient (Wildman–Crippen LogP) is 2.92. The summed E-state index contributed by atoms with van der Waals surface area (Å²) in [6, 6.07) is 5.35. The second-order valence-electron chi connectivity index (χ2n) is 3.74. The lowest BCUT2D eigenvalue weighted by Crippen LogP contribution is -2.42. The number of halogens is 1. The van der Waals surface area contributed by atoms with Crippen molar-refractivity contribution in [3.8, 4) is 6.07 Å². The summed E-state index contributed by atoms with van der Waals surface area (Å²) in [5.74, 6) is -0.0665. The van der Waals surface area contributed by atoms with Crippen LogP contribution in [0.15, 0.2) is 12.1 Å². The zero-order valence-corrected chi connectivity index (χ0v) is 10.2. The van der Waals surface area contributed by atoms with Gasteiger partial charge in [-0.05, 0) is 31.4 Å². The molecule has 1 atom stereocenters.